The Hall–Kier alpha value is -3.49. The van der Waals surface area contributed by atoms with Crippen molar-refractivity contribution in [1.29, 1.82) is 0 Å². The van der Waals surface area contributed by atoms with E-state index in [-0.39, 0.29) is 81.4 Å². The lowest BCUT2D eigenvalue weighted by atomic mass is 9.36. The van der Waals surface area contributed by atoms with Gasteiger partial charge < -0.3 is 19.2 Å². The van der Waals surface area contributed by atoms with Crippen LogP contribution in [0.1, 0.15) is 163 Å². The zero-order chi connectivity index (χ0) is 44.4. The van der Waals surface area contributed by atoms with Crippen molar-refractivity contribution in [3.05, 3.63) is 59.8 Å². The molecule has 0 aliphatic heterocycles. The van der Waals surface area contributed by atoms with E-state index in [1.54, 1.807) is 0 Å². The monoisotopic (exact) mass is 850 g/mol. The van der Waals surface area contributed by atoms with Crippen LogP contribution in [0.5, 0.6) is 0 Å². The summed E-state index contributed by atoms with van der Waals surface area (Å²) in [5.41, 5.74) is 1.36. The molecule has 14 atom stereocenters. The van der Waals surface area contributed by atoms with Crippen molar-refractivity contribution in [2.24, 2.45) is 79.8 Å². The van der Waals surface area contributed by atoms with Crippen molar-refractivity contribution in [2.75, 3.05) is 0 Å². The van der Waals surface area contributed by atoms with Crippen molar-refractivity contribution >= 4 is 17.8 Å². The van der Waals surface area contributed by atoms with Gasteiger partial charge in [0.1, 0.15) is 12.7 Å². The number of benzene rings is 1. The fourth-order valence-electron chi connectivity index (χ4n) is 16.5. The Morgan fingerprint density at radius 1 is 0.774 bits per heavy atom. The largest absolute Gasteiger partial charge is 0.462 e. The van der Waals surface area contributed by atoms with Gasteiger partial charge in [0.2, 0.25) is 17.7 Å². The second-order valence-electron chi connectivity index (χ2n) is 24.1. The molecule has 2 aromatic rings. The van der Waals surface area contributed by atoms with Gasteiger partial charge in [-0.05, 0) is 147 Å². The lowest BCUT2D eigenvalue weighted by Crippen LogP contribution is -2.65. The van der Waals surface area contributed by atoms with Crippen LogP contribution < -0.4 is 5.32 Å². The molecule has 0 saturated heterocycles. The molecule has 338 valence electrons. The molecule has 1 aromatic carbocycles. The van der Waals surface area contributed by atoms with E-state index >= 15 is 0 Å². The second-order valence-corrected chi connectivity index (χ2v) is 24.1. The van der Waals surface area contributed by atoms with Gasteiger partial charge in [-0.25, -0.2) is 0 Å². The number of nitrogens with zero attached hydrogens (tertiary/aromatic N) is 2. The van der Waals surface area contributed by atoms with Crippen molar-refractivity contribution in [3.63, 3.8) is 0 Å². The smallest absolute Gasteiger partial charge is 0.309 e. The summed E-state index contributed by atoms with van der Waals surface area (Å²) < 4.78 is 18.2. The van der Waals surface area contributed by atoms with E-state index in [0.29, 0.717) is 53.7 Å². The van der Waals surface area contributed by atoms with Gasteiger partial charge in [-0.15, -0.1) is 10.2 Å². The molecule has 0 bridgehead atoms. The summed E-state index contributed by atoms with van der Waals surface area (Å²) in [5, 5.41) is 12.1. The van der Waals surface area contributed by atoms with Gasteiger partial charge in [0.25, 0.3) is 0 Å². The van der Waals surface area contributed by atoms with E-state index in [2.05, 4.69) is 70.6 Å². The van der Waals surface area contributed by atoms with Gasteiger partial charge in [0, 0.05) is 24.3 Å². The molecule has 62 heavy (non-hydrogen) atoms. The van der Waals surface area contributed by atoms with Gasteiger partial charge in [-0.1, -0.05) is 97.9 Å². The van der Waals surface area contributed by atoms with Crippen molar-refractivity contribution < 1.29 is 28.3 Å². The highest BCUT2D eigenvalue weighted by atomic mass is 16.5. The van der Waals surface area contributed by atoms with E-state index < -0.39 is 5.41 Å². The highest BCUT2D eigenvalue weighted by Gasteiger charge is 2.69. The van der Waals surface area contributed by atoms with Gasteiger partial charge in [-0.2, -0.15) is 0 Å². The van der Waals surface area contributed by atoms with Crippen LogP contribution >= 0.6 is 0 Å². The highest BCUT2D eigenvalue weighted by Crippen LogP contribution is 2.74. The third-order valence-corrected chi connectivity index (χ3v) is 20.3. The van der Waals surface area contributed by atoms with Crippen LogP contribution in [0.25, 0.3) is 0 Å². The number of aryl methyl sites for hydroxylation is 1. The zero-order valence-corrected chi connectivity index (χ0v) is 39.5. The molecule has 1 amide bonds. The molecule has 1 aromatic heterocycles. The first-order valence-electron chi connectivity index (χ1n) is 24.3. The number of aromatic nitrogens is 2. The van der Waals surface area contributed by atoms with Gasteiger partial charge >= 0.3 is 11.9 Å². The number of amides is 1. The summed E-state index contributed by atoms with van der Waals surface area (Å²) in [4.78, 5) is 42.1. The summed E-state index contributed by atoms with van der Waals surface area (Å²) in [6.45, 7) is 27.4. The molecule has 9 nitrogen and oxygen atoms in total. The van der Waals surface area contributed by atoms with Gasteiger partial charge in [0.05, 0.1) is 17.3 Å². The Morgan fingerprint density at radius 3 is 2.13 bits per heavy atom. The maximum Gasteiger partial charge on any atom is 0.309 e. The number of ether oxygens (including phenoxy) is 2. The molecule has 1 N–H and O–H groups in total. The predicted octanol–water partition coefficient (Wildman–Crippen LogP) is 11.0. The molecular formula is C53H75N3O6. The summed E-state index contributed by atoms with van der Waals surface area (Å²) in [5.74, 6) is 3.54. The lowest BCUT2D eigenvalue weighted by molar-refractivity contribution is -0.227. The first-order valence-corrected chi connectivity index (χ1v) is 24.3. The number of allylic oxidation sites excluding steroid dienone is 1. The molecule has 7 aliphatic rings. The van der Waals surface area contributed by atoms with Crippen molar-refractivity contribution in [1.82, 2.24) is 15.5 Å². The molecular weight excluding hydrogens is 775 g/mol. The molecule has 0 spiro atoms. The minimum Gasteiger partial charge on any atom is -0.462 e. The maximum absolute atomic E-state index is 14.9. The second kappa shape index (κ2) is 15.0. The van der Waals surface area contributed by atoms with Crippen LogP contribution in [0.15, 0.2) is 46.9 Å². The number of esters is 2. The van der Waals surface area contributed by atoms with Crippen LogP contribution in [-0.4, -0.2) is 40.2 Å². The van der Waals surface area contributed by atoms with Crippen molar-refractivity contribution in [2.45, 2.75) is 171 Å². The number of hydrogen-bond acceptors (Lipinski definition) is 8. The van der Waals surface area contributed by atoms with E-state index in [1.165, 1.54) is 24.8 Å². The summed E-state index contributed by atoms with van der Waals surface area (Å²) in [7, 11) is 0. The quantitative estimate of drug-likeness (QED) is 0.196. The van der Waals surface area contributed by atoms with Crippen LogP contribution in [0.4, 0.5) is 0 Å². The molecule has 1 heterocycles. The first kappa shape index (κ1) is 43.7. The Kier molecular flexibility index (Phi) is 10.6. The van der Waals surface area contributed by atoms with Crippen LogP contribution in [0, 0.1) is 86.8 Å². The van der Waals surface area contributed by atoms with Crippen LogP contribution in [-0.2, 0) is 30.5 Å². The number of carbonyl (C=O) groups excluding carboxylic acids is 3. The minimum atomic E-state index is -0.518. The standard InChI is InChI=1S/C53H75N3O6/c1-30(2)33-19-25-53(47(59)54-41-28-36(49(41,6)7)44-56-55-31(3)61-44)26-20-35-34(43(33)53)17-18-40-51(35,10)23-21-39-50(8,9)42(22-24-52(39,40)11)62-46(58)38-27-37(48(38,4)5)45(57)60-29-32-15-13-12-14-16-32/h12-16,33-43H,1,17-29H2,2-11H3,(H,54,59). The van der Waals surface area contributed by atoms with Crippen LogP contribution in [0.2, 0.25) is 0 Å². The molecule has 9 rings (SSSR count). The number of rotatable bonds is 9. The molecule has 7 fully saturated rings. The Morgan fingerprint density at radius 2 is 1.47 bits per heavy atom. The Bertz CT molecular complexity index is 2090. The molecule has 14 unspecified atom stereocenters. The Labute approximate surface area is 371 Å². The van der Waals surface area contributed by atoms with Crippen LogP contribution in [0.3, 0.4) is 0 Å². The van der Waals surface area contributed by atoms with Crippen molar-refractivity contribution in [3.8, 4) is 0 Å². The number of carbonyl (C=O) groups is 3. The molecule has 7 saturated carbocycles. The van der Waals surface area contributed by atoms with E-state index in [9.17, 15) is 14.4 Å². The Balaban J connectivity index is 0.871. The number of fused-ring (bicyclic) bond motifs is 7. The predicted molar refractivity (Wildman–Crippen MR) is 238 cm³/mol. The maximum atomic E-state index is 14.9. The van der Waals surface area contributed by atoms with E-state index in [0.717, 1.165) is 56.9 Å². The third kappa shape index (κ3) is 6.51. The minimum absolute atomic E-state index is 0.0798. The average Bonchev–Trinajstić information content (AvgIpc) is 3.84. The fraction of sp³-hybridized carbons (Fsp3) is 0.755. The van der Waals surface area contributed by atoms with E-state index in [1.807, 2.05) is 51.1 Å². The molecule has 9 heteroatoms. The average molecular weight is 850 g/mol. The molecule has 7 aliphatic carbocycles. The highest BCUT2D eigenvalue weighted by molar-refractivity contribution is 5.84. The summed E-state index contributed by atoms with van der Waals surface area (Å²) >= 11 is 0. The number of hydrogen-bond donors (Lipinski definition) is 1. The van der Waals surface area contributed by atoms with Gasteiger partial charge in [0.15, 0.2) is 0 Å². The third-order valence-electron chi connectivity index (χ3n) is 20.3. The molecule has 0 radical (unpaired) electrons. The fourth-order valence-corrected chi connectivity index (χ4v) is 16.5. The topological polar surface area (TPSA) is 121 Å². The summed E-state index contributed by atoms with van der Waals surface area (Å²) in [6, 6.07) is 9.83. The van der Waals surface area contributed by atoms with E-state index in [4.69, 9.17) is 13.9 Å². The van der Waals surface area contributed by atoms with Gasteiger partial charge in [-0.3, -0.25) is 14.4 Å². The zero-order valence-electron chi connectivity index (χ0n) is 39.5. The SMILES string of the molecule is C=C(C)C1CCC2(C(=O)NC3CC(c4nnc(C)o4)C3(C)C)CCC3C(CCC4C3(C)CCC3C(C)(C)C(OC(=O)C5CC(C(=O)OCc6ccccc6)C5(C)C)CCC34C)C12. The lowest BCUT2D eigenvalue weighted by Gasteiger charge is -2.69. The normalized spacial score (nSPS) is 42.0. The summed E-state index contributed by atoms with van der Waals surface area (Å²) in [6.07, 6.45) is 11.9. The number of nitrogens with one attached hydrogen (secondary N) is 1. The first-order chi connectivity index (χ1) is 29.2.